The van der Waals surface area contributed by atoms with Gasteiger partial charge in [0.25, 0.3) is 0 Å². The van der Waals surface area contributed by atoms with E-state index in [4.69, 9.17) is 19.4 Å². The molecule has 0 spiro atoms. The van der Waals surface area contributed by atoms with E-state index in [1.807, 2.05) is 60.7 Å². The van der Waals surface area contributed by atoms with Crippen molar-refractivity contribution >= 4 is 43.5 Å². The summed E-state index contributed by atoms with van der Waals surface area (Å²) in [5.41, 5.74) is 12.1. The van der Waals surface area contributed by atoms with Crippen LogP contribution in [0.4, 0.5) is 0 Å². The van der Waals surface area contributed by atoms with Crippen molar-refractivity contribution < 1.29 is 4.42 Å². The molecule has 2 heterocycles. The topological polar surface area (TPSA) is 51.8 Å². The molecule has 0 saturated heterocycles. The Morgan fingerprint density at radius 2 is 0.863 bits per heavy atom. The highest BCUT2D eigenvalue weighted by molar-refractivity contribution is 6.23. The molecule has 0 bridgehead atoms. The zero-order valence-electron chi connectivity index (χ0n) is 27.3. The maximum Gasteiger partial charge on any atom is 0.164 e. The third kappa shape index (κ3) is 4.23. The molecule has 11 rings (SSSR count). The number of fused-ring (bicyclic) bond motifs is 8. The first-order chi connectivity index (χ1) is 25.3. The van der Waals surface area contributed by atoms with Gasteiger partial charge >= 0.3 is 0 Å². The number of nitrogens with zero attached hydrogens (tertiary/aromatic N) is 3. The van der Waals surface area contributed by atoms with E-state index in [0.29, 0.717) is 17.5 Å². The van der Waals surface area contributed by atoms with Crippen molar-refractivity contribution in [2.24, 2.45) is 0 Å². The van der Waals surface area contributed by atoms with Crippen molar-refractivity contribution in [2.45, 2.75) is 0 Å². The summed E-state index contributed by atoms with van der Waals surface area (Å²) in [6.45, 7) is 0. The monoisotopic (exact) mass is 649 g/mol. The zero-order valence-corrected chi connectivity index (χ0v) is 27.3. The lowest BCUT2D eigenvalue weighted by Crippen LogP contribution is -2.00. The Kier molecular flexibility index (Phi) is 5.92. The summed E-state index contributed by atoms with van der Waals surface area (Å²) < 4.78 is 6.76. The predicted octanol–water partition coefficient (Wildman–Crippen LogP) is 12.4. The lowest BCUT2D eigenvalue weighted by atomic mass is 9.90. The Bertz CT molecular complexity index is 2930. The van der Waals surface area contributed by atoms with Crippen molar-refractivity contribution in [1.82, 2.24) is 15.0 Å². The van der Waals surface area contributed by atoms with Crippen LogP contribution in [0.1, 0.15) is 0 Å². The molecular formula is C47H27N3O. The summed E-state index contributed by atoms with van der Waals surface area (Å²) in [5, 5.41) is 6.98. The lowest BCUT2D eigenvalue weighted by molar-refractivity contribution is 0.673. The largest absolute Gasteiger partial charge is 0.455 e. The van der Waals surface area contributed by atoms with Crippen LogP contribution in [0.15, 0.2) is 168 Å². The zero-order chi connectivity index (χ0) is 33.5. The molecule has 51 heavy (non-hydrogen) atoms. The molecule has 10 aromatic rings. The summed E-state index contributed by atoms with van der Waals surface area (Å²) in [6, 6.07) is 57.4. The molecule has 1 aliphatic rings. The maximum atomic E-state index is 6.76. The fourth-order valence-corrected chi connectivity index (χ4v) is 7.94. The first-order valence-corrected chi connectivity index (χ1v) is 17.2. The van der Waals surface area contributed by atoms with Crippen LogP contribution in [-0.2, 0) is 0 Å². The van der Waals surface area contributed by atoms with E-state index in [1.54, 1.807) is 0 Å². The second-order valence-corrected chi connectivity index (χ2v) is 13.1. The second-order valence-electron chi connectivity index (χ2n) is 13.1. The highest BCUT2D eigenvalue weighted by Crippen LogP contribution is 2.50. The summed E-state index contributed by atoms with van der Waals surface area (Å²) in [5.74, 6) is 1.87. The van der Waals surface area contributed by atoms with Crippen molar-refractivity contribution in [3.8, 4) is 67.5 Å². The van der Waals surface area contributed by atoms with E-state index in [-0.39, 0.29) is 0 Å². The molecule has 1 aliphatic carbocycles. The molecule has 8 aromatic carbocycles. The fraction of sp³-hybridized carbons (Fsp3) is 0. The third-order valence-corrected chi connectivity index (χ3v) is 10.3. The van der Waals surface area contributed by atoms with E-state index in [1.165, 1.54) is 44.2 Å². The molecule has 0 radical (unpaired) electrons. The van der Waals surface area contributed by atoms with Crippen LogP contribution >= 0.6 is 0 Å². The maximum absolute atomic E-state index is 6.76. The van der Waals surface area contributed by atoms with Gasteiger partial charge in [0.15, 0.2) is 17.5 Å². The Morgan fingerprint density at radius 3 is 1.57 bits per heavy atom. The Labute approximate surface area is 293 Å². The molecule has 0 N–H and O–H groups in total. The first-order valence-electron chi connectivity index (χ1n) is 17.2. The predicted molar refractivity (Wildman–Crippen MR) is 208 cm³/mol. The quantitative estimate of drug-likeness (QED) is 0.190. The average molecular weight is 650 g/mol. The summed E-state index contributed by atoms with van der Waals surface area (Å²) in [6.07, 6.45) is 0. The van der Waals surface area contributed by atoms with Gasteiger partial charge in [-0.3, -0.25) is 0 Å². The van der Waals surface area contributed by atoms with Crippen LogP contribution in [0.5, 0.6) is 0 Å². The fourth-order valence-electron chi connectivity index (χ4n) is 7.94. The summed E-state index contributed by atoms with van der Waals surface area (Å²) in [7, 11) is 0. The number of hydrogen-bond donors (Lipinski definition) is 0. The molecule has 0 atom stereocenters. The number of rotatable bonds is 4. The highest BCUT2D eigenvalue weighted by atomic mass is 16.3. The second kappa shape index (κ2) is 10.8. The molecule has 2 aromatic heterocycles. The van der Waals surface area contributed by atoms with E-state index in [0.717, 1.165) is 49.4 Å². The molecular weight excluding hydrogens is 623 g/mol. The summed E-state index contributed by atoms with van der Waals surface area (Å²) >= 11 is 0. The molecule has 0 amide bonds. The van der Waals surface area contributed by atoms with Gasteiger partial charge in [-0.05, 0) is 67.7 Å². The van der Waals surface area contributed by atoms with Crippen LogP contribution in [0, 0.1) is 0 Å². The minimum Gasteiger partial charge on any atom is -0.455 e. The number of benzene rings is 8. The smallest absolute Gasteiger partial charge is 0.164 e. The van der Waals surface area contributed by atoms with Crippen molar-refractivity contribution in [3.05, 3.63) is 164 Å². The van der Waals surface area contributed by atoms with Crippen molar-refractivity contribution in [1.29, 1.82) is 0 Å². The number of furan rings is 1. The molecule has 0 fully saturated rings. The van der Waals surface area contributed by atoms with Crippen molar-refractivity contribution in [3.63, 3.8) is 0 Å². The molecule has 236 valence electrons. The van der Waals surface area contributed by atoms with Gasteiger partial charge in [0.1, 0.15) is 11.2 Å². The van der Waals surface area contributed by atoms with Gasteiger partial charge in [0, 0.05) is 32.8 Å². The number of hydrogen-bond acceptors (Lipinski definition) is 4. The van der Waals surface area contributed by atoms with Crippen LogP contribution in [-0.4, -0.2) is 15.0 Å². The normalized spacial score (nSPS) is 11.9. The van der Waals surface area contributed by atoms with E-state index < -0.39 is 0 Å². The Hall–Kier alpha value is -6.91. The standard InChI is InChI=1S/C47H27N3O/c1-3-12-28(13-4-1)45-48-46(29-14-5-2-6-15-29)50-47(49-45)30-22-23-35-41-27-40(33-18-9-10-19-39(33)44(41)51-42(35)26-30)34-24-25-38-32-17-8-7-16-31(32)36-20-11-21-37(34)43(36)38/h1-27H. The van der Waals surface area contributed by atoms with E-state index in [2.05, 4.69) is 103 Å². The van der Waals surface area contributed by atoms with Crippen LogP contribution in [0.25, 0.3) is 111 Å². The lowest BCUT2D eigenvalue weighted by Gasteiger charge is -2.13. The van der Waals surface area contributed by atoms with Gasteiger partial charge in [-0.1, -0.05) is 146 Å². The minimum atomic E-state index is 0.601. The van der Waals surface area contributed by atoms with E-state index >= 15 is 0 Å². The van der Waals surface area contributed by atoms with Gasteiger partial charge in [-0.2, -0.15) is 0 Å². The minimum absolute atomic E-state index is 0.601. The van der Waals surface area contributed by atoms with Crippen LogP contribution in [0.2, 0.25) is 0 Å². The Morgan fingerprint density at radius 1 is 0.314 bits per heavy atom. The highest BCUT2D eigenvalue weighted by Gasteiger charge is 2.24. The molecule has 0 unspecified atom stereocenters. The third-order valence-electron chi connectivity index (χ3n) is 10.3. The molecule has 0 aliphatic heterocycles. The first kappa shape index (κ1) is 28.0. The van der Waals surface area contributed by atoms with Gasteiger partial charge in [0.05, 0.1) is 0 Å². The van der Waals surface area contributed by atoms with Crippen LogP contribution in [0.3, 0.4) is 0 Å². The summed E-state index contributed by atoms with van der Waals surface area (Å²) in [4.78, 5) is 14.8. The molecule has 4 nitrogen and oxygen atoms in total. The molecule has 0 saturated carbocycles. The average Bonchev–Trinajstić information content (AvgIpc) is 3.75. The number of aromatic nitrogens is 3. The van der Waals surface area contributed by atoms with E-state index in [9.17, 15) is 0 Å². The van der Waals surface area contributed by atoms with Gasteiger partial charge in [-0.25, -0.2) is 15.0 Å². The van der Waals surface area contributed by atoms with Gasteiger partial charge < -0.3 is 4.42 Å². The van der Waals surface area contributed by atoms with Crippen LogP contribution < -0.4 is 0 Å². The SMILES string of the molecule is c1ccc(-c2nc(-c3ccccc3)nc(-c3ccc4c(c3)oc3c5ccccc5c(-c5ccc6c7c(cccc57)-c5ccccc5-6)cc43)n2)cc1. The van der Waals surface area contributed by atoms with Gasteiger partial charge in [-0.15, -0.1) is 0 Å². The van der Waals surface area contributed by atoms with Gasteiger partial charge in [0.2, 0.25) is 0 Å². The van der Waals surface area contributed by atoms with Crippen molar-refractivity contribution in [2.75, 3.05) is 0 Å². The molecule has 4 heteroatoms. The Balaban J connectivity index is 1.11.